The number of carbonyl (C=O) groups is 1. The largest absolute Gasteiger partial charge is 0.457 e. The van der Waals surface area contributed by atoms with E-state index in [0.29, 0.717) is 11.3 Å². The van der Waals surface area contributed by atoms with Crippen molar-refractivity contribution in [3.05, 3.63) is 96.1 Å². The van der Waals surface area contributed by atoms with Crippen LogP contribution in [0.2, 0.25) is 0 Å². The average molecular weight is 373 g/mol. The lowest BCUT2D eigenvalue weighted by atomic mass is 9.84. The lowest BCUT2D eigenvalue weighted by molar-refractivity contribution is -0.0378. The van der Waals surface area contributed by atoms with Crippen LogP contribution >= 0.6 is 0 Å². The molecule has 0 spiro atoms. The second kappa shape index (κ2) is 8.28. The van der Waals surface area contributed by atoms with Crippen LogP contribution in [0.3, 0.4) is 0 Å². The minimum Gasteiger partial charge on any atom is -0.457 e. The summed E-state index contributed by atoms with van der Waals surface area (Å²) in [4.78, 5) is 13.0. The molecule has 3 aromatic rings. The summed E-state index contributed by atoms with van der Waals surface area (Å²) >= 11 is 0. The van der Waals surface area contributed by atoms with Crippen molar-refractivity contribution in [1.29, 1.82) is 0 Å². The van der Waals surface area contributed by atoms with Crippen molar-refractivity contribution in [2.24, 2.45) is 0 Å². The minimum absolute atomic E-state index is 0.329. The SMILES string of the molecule is O=C(OC1(c2ccccc2)CCNCC1)c1cccc(Oc2ccccc2)c1. The number of para-hydroxylation sites is 1. The standard InChI is InChI=1S/C24H23NO3/c26-23(19-8-7-13-22(18-19)27-21-11-5-2-6-12-21)28-24(14-16-25-17-15-24)20-9-3-1-4-10-20/h1-13,18,25H,14-17H2. The highest BCUT2D eigenvalue weighted by Crippen LogP contribution is 2.36. The molecule has 1 aliphatic heterocycles. The predicted octanol–water partition coefficient (Wildman–Crippen LogP) is 4.91. The maximum atomic E-state index is 13.0. The number of esters is 1. The van der Waals surface area contributed by atoms with Crippen molar-refractivity contribution >= 4 is 5.97 Å². The van der Waals surface area contributed by atoms with Crippen molar-refractivity contribution in [1.82, 2.24) is 5.32 Å². The Morgan fingerprint density at radius 2 is 1.43 bits per heavy atom. The lowest BCUT2D eigenvalue weighted by Crippen LogP contribution is -2.43. The molecule has 1 fully saturated rings. The van der Waals surface area contributed by atoms with Crippen LogP contribution in [0.5, 0.6) is 11.5 Å². The highest BCUT2D eigenvalue weighted by molar-refractivity contribution is 5.90. The highest BCUT2D eigenvalue weighted by Gasteiger charge is 2.38. The number of benzene rings is 3. The van der Waals surface area contributed by atoms with Crippen LogP contribution in [0.1, 0.15) is 28.8 Å². The van der Waals surface area contributed by atoms with Gasteiger partial charge in [0.25, 0.3) is 0 Å². The van der Waals surface area contributed by atoms with Gasteiger partial charge in [-0.2, -0.15) is 0 Å². The number of hydrogen-bond acceptors (Lipinski definition) is 4. The van der Waals surface area contributed by atoms with Gasteiger partial charge in [0.1, 0.15) is 17.1 Å². The Hall–Kier alpha value is -3.11. The first-order chi connectivity index (χ1) is 13.8. The Balaban J connectivity index is 1.56. The zero-order chi connectivity index (χ0) is 19.2. The van der Waals surface area contributed by atoms with Gasteiger partial charge in [-0.1, -0.05) is 54.6 Å². The molecule has 0 bridgehead atoms. The zero-order valence-electron chi connectivity index (χ0n) is 15.6. The van der Waals surface area contributed by atoms with E-state index in [-0.39, 0.29) is 5.97 Å². The smallest absolute Gasteiger partial charge is 0.339 e. The molecule has 4 rings (SSSR count). The van der Waals surface area contributed by atoms with E-state index in [1.807, 2.05) is 72.8 Å². The molecule has 0 atom stereocenters. The van der Waals surface area contributed by atoms with Gasteiger partial charge >= 0.3 is 5.97 Å². The van der Waals surface area contributed by atoms with E-state index in [2.05, 4.69) is 5.32 Å². The van der Waals surface area contributed by atoms with Crippen LogP contribution < -0.4 is 10.1 Å². The molecular formula is C24H23NO3. The molecule has 28 heavy (non-hydrogen) atoms. The van der Waals surface area contributed by atoms with E-state index in [0.717, 1.165) is 37.2 Å². The Morgan fingerprint density at radius 3 is 2.14 bits per heavy atom. The summed E-state index contributed by atoms with van der Waals surface area (Å²) < 4.78 is 12.0. The van der Waals surface area contributed by atoms with E-state index < -0.39 is 5.60 Å². The van der Waals surface area contributed by atoms with Crippen molar-refractivity contribution < 1.29 is 14.3 Å². The summed E-state index contributed by atoms with van der Waals surface area (Å²) in [5, 5.41) is 3.35. The molecule has 1 saturated heterocycles. The third-order valence-electron chi connectivity index (χ3n) is 5.05. The molecule has 0 saturated carbocycles. The molecule has 142 valence electrons. The van der Waals surface area contributed by atoms with Crippen LogP contribution in [-0.2, 0) is 10.3 Å². The molecule has 0 aromatic heterocycles. The number of piperidine rings is 1. The van der Waals surface area contributed by atoms with E-state index in [9.17, 15) is 4.79 Å². The first-order valence-electron chi connectivity index (χ1n) is 9.58. The quantitative estimate of drug-likeness (QED) is 0.645. The molecule has 0 unspecified atom stereocenters. The summed E-state index contributed by atoms with van der Waals surface area (Å²) in [6.07, 6.45) is 1.51. The van der Waals surface area contributed by atoms with E-state index in [4.69, 9.17) is 9.47 Å². The van der Waals surface area contributed by atoms with Gasteiger partial charge in [0.15, 0.2) is 0 Å². The summed E-state index contributed by atoms with van der Waals surface area (Å²) in [7, 11) is 0. The summed E-state index contributed by atoms with van der Waals surface area (Å²) in [5.74, 6) is 1.01. The molecule has 1 aliphatic rings. The maximum Gasteiger partial charge on any atom is 0.339 e. The molecule has 0 radical (unpaired) electrons. The number of rotatable bonds is 5. The summed E-state index contributed by atoms with van der Waals surface area (Å²) in [6.45, 7) is 1.64. The van der Waals surface area contributed by atoms with Crippen molar-refractivity contribution in [3.8, 4) is 11.5 Å². The minimum atomic E-state index is -0.597. The van der Waals surface area contributed by atoms with Gasteiger partial charge in [-0.25, -0.2) is 4.79 Å². The van der Waals surface area contributed by atoms with Gasteiger partial charge in [0.05, 0.1) is 5.56 Å². The third-order valence-corrected chi connectivity index (χ3v) is 5.05. The molecule has 4 nitrogen and oxygen atoms in total. The van der Waals surface area contributed by atoms with E-state index in [1.54, 1.807) is 12.1 Å². The molecule has 4 heteroatoms. The monoisotopic (exact) mass is 373 g/mol. The molecule has 0 amide bonds. The topological polar surface area (TPSA) is 47.6 Å². The van der Waals surface area contributed by atoms with Crippen molar-refractivity contribution in [2.45, 2.75) is 18.4 Å². The lowest BCUT2D eigenvalue weighted by Gasteiger charge is -2.37. The Kier molecular flexibility index (Phi) is 5.40. The van der Waals surface area contributed by atoms with Gasteiger partial charge in [-0.15, -0.1) is 0 Å². The first kappa shape index (κ1) is 18.3. The Bertz CT molecular complexity index is 919. The van der Waals surface area contributed by atoms with Crippen LogP contribution in [0.15, 0.2) is 84.9 Å². The number of carbonyl (C=O) groups excluding carboxylic acids is 1. The predicted molar refractivity (Wildman–Crippen MR) is 109 cm³/mol. The summed E-state index contributed by atoms with van der Waals surface area (Å²) in [6, 6.07) is 26.7. The van der Waals surface area contributed by atoms with Gasteiger partial charge < -0.3 is 14.8 Å². The maximum absolute atomic E-state index is 13.0. The van der Waals surface area contributed by atoms with Gasteiger partial charge in [0, 0.05) is 12.8 Å². The number of hydrogen-bond donors (Lipinski definition) is 1. The zero-order valence-corrected chi connectivity index (χ0v) is 15.6. The van der Waals surface area contributed by atoms with Crippen molar-refractivity contribution in [2.75, 3.05) is 13.1 Å². The van der Waals surface area contributed by atoms with Gasteiger partial charge in [-0.05, 0) is 49.0 Å². The van der Waals surface area contributed by atoms with Crippen LogP contribution in [-0.4, -0.2) is 19.1 Å². The number of ether oxygens (including phenoxy) is 2. The van der Waals surface area contributed by atoms with E-state index >= 15 is 0 Å². The fourth-order valence-corrected chi connectivity index (χ4v) is 3.57. The Morgan fingerprint density at radius 1 is 0.786 bits per heavy atom. The first-order valence-corrected chi connectivity index (χ1v) is 9.58. The third kappa shape index (κ3) is 4.07. The summed E-state index contributed by atoms with van der Waals surface area (Å²) in [5.41, 5.74) is 0.934. The van der Waals surface area contributed by atoms with Gasteiger partial charge in [0.2, 0.25) is 0 Å². The normalized spacial score (nSPS) is 15.6. The molecule has 1 heterocycles. The highest BCUT2D eigenvalue weighted by atomic mass is 16.6. The molecule has 3 aromatic carbocycles. The molecular weight excluding hydrogens is 350 g/mol. The van der Waals surface area contributed by atoms with Crippen LogP contribution in [0.25, 0.3) is 0 Å². The van der Waals surface area contributed by atoms with Crippen LogP contribution in [0.4, 0.5) is 0 Å². The second-order valence-corrected chi connectivity index (χ2v) is 6.94. The fourth-order valence-electron chi connectivity index (χ4n) is 3.57. The van der Waals surface area contributed by atoms with Crippen molar-refractivity contribution in [3.63, 3.8) is 0 Å². The average Bonchev–Trinajstić information content (AvgIpc) is 2.76. The number of nitrogens with one attached hydrogen (secondary N) is 1. The van der Waals surface area contributed by atoms with Crippen LogP contribution in [0, 0.1) is 0 Å². The molecule has 1 N–H and O–H groups in total. The fraction of sp³-hybridized carbons (Fsp3) is 0.208. The molecule has 0 aliphatic carbocycles. The second-order valence-electron chi connectivity index (χ2n) is 6.94. The van der Waals surface area contributed by atoms with Gasteiger partial charge in [-0.3, -0.25) is 0 Å². The Labute approximate surface area is 165 Å². The van der Waals surface area contributed by atoms with E-state index in [1.165, 1.54) is 0 Å².